The summed E-state index contributed by atoms with van der Waals surface area (Å²) in [5.41, 5.74) is 9.82. The minimum absolute atomic E-state index is 0.0495. The third-order valence-corrected chi connectivity index (χ3v) is 7.76. The van der Waals surface area contributed by atoms with Gasteiger partial charge in [0.2, 0.25) is 5.95 Å². The molecular formula is C30H39ClN8O4. The average Bonchev–Trinajstić information content (AvgIpc) is 3.52. The molecule has 12 nitrogen and oxygen atoms in total. The Morgan fingerprint density at radius 1 is 1.35 bits per heavy atom. The number of H-pyrrole nitrogens is 1. The van der Waals surface area contributed by atoms with Crippen LogP contribution in [0, 0.1) is 19.8 Å². The minimum Gasteiger partial charge on any atom is -0.496 e. The molecule has 0 fully saturated rings. The maximum atomic E-state index is 13.8. The van der Waals surface area contributed by atoms with E-state index in [0.29, 0.717) is 41.4 Å². The molecule has 2 amide bonds. The lowest BCUT2D eigenvalue weighted by molar-refractivity contribution is -0.113. The highest BCUT2D eigenvalue weighted by atomic mass is 35.5. The van der Waals surface area contributed by atoms with Crippen LogP contribution in [0.25, 0.3) is 11.6 Å². The van der Waals surface area contributed by atoms with Crippen molar-refractivity contribution in [2.24, 2.45) is 5.92 Å². The molecule has 1 unspecified atom stereocenters. The molecule has 0 saturated heterocycles. The number of nitrogens with zero attached hydrogens (tertiary/aromatic N) is 5. The van der Waals surface area contributed by atoms with E-state index in [9.17, 15) is 14.7 Å². The Labute approximate surface area is 256 Å². The van der Waals surface area contributed by atoms with Crippen molar-refractivity contribution in [1.82, 2.24) is 30.2 Å². The number of halogens is 1. The van der Waals surface area contributed by atoms with E-state index in [-0.39, 0.29) is 53.4 Å². The number of nitrogens with two attached hydrogens (primary N) is 1. The molecule has 0 aliphatic carbocycles. The fraction of sp³-hybridized carbons (Fsp3) is 0.433. The number of carbonyl (C=O) groups excluding carboxylic acids is 2. The van der Waals surface area contributed by atoms with Gasteiger partial charge in [0.1, 0.15) is 10.9 Å². The highest BCUT2D eigenvalue weighted by Crippen LogP contribution is 2.41. The number of anilines is 2. The lowest BCUT2D eigenvalue weighted by atomic mass is 10.0. The SMILES string of the molecule is CCCC(CNC(=O)c1c[nH]c(/C=C2\C(=O)N(Cc3ncc(C)c(OC)c3C)c3nc(N)nc(Cl)c32)c1)CN(C)CCO. The Hall–Kier alpha value is -4.00. The zero-order valence-electron chi connectivity index (χ0n) is 25.2. The molecule has 0 radical (unpaired) electrons. The number of ether oxygens (including phenoxy) is 1. The summed E-state index contributed by atoms with van der Waals surface area (Å²) < 4.78 is 5.54. The molecule has 0 saturated carbocycles. The monoisotopic (exact) mass is 610 g/mol. The third kappa shape index (κ3) is 7.15. The number of rotatable bonds is 13. The van der Waals surface area contributed by atoms with E-state index < -0.39 is 0 Å². The van der Waals surface area contributed by atoms with Crippen molar-refractivity contribution in [2.75, 3.05) is 51.0 Å². The van der Waals surface area contributed by atoms with Crippen LogP contribution in [0.1, 0.15) is 58.2 Å². The number of fused-ring (bicyclic) bond motifs is 1. The van der Waals surface area contributed by atoms with Crippen molar-refractivity contribution in [2.45, 2.75) is 40.2 Å². The van der Waals surface area contributed by atoms with Gasteiger partial charge in [-0.05, 0) is 45.4 Å². The maximum absolute atomic E-state index is 13.8. The number of aryl methyl sites for hydroxylation is 1. The number of hydrogen-bond donors (Lipinski definition) is 4. The second kappa shape index (κ2) is 14.0. The highest BCUT2D eigenvalue weighted by Gasteiger charge is 2.37. The van der Waals surface area contributed by atoms with Crippen LogP contribution in [0.3, 0.4) is 0 Å². The number of nitrogens with one attached hydrogen (secondary N) is 2. The number of pyridine rings is 1. The van der Waals surface area contributed by atoms with Gasteiger partial charge in [-0.2, -0.15) is 4.98 Å². The van der Waals surface area contributed by atoms with Gasteiger partial charge in [-0.15, -0.1) is 0 Å². The molecule has 1 aliphatic rings. The van der Waals surface area contributed by atoms with Crippen LogP contribution < -0.4 is 20.7 Å². The smallest absolute Gasteiger partial charge is 0.260 e. The lowest BCUT2D eigenvalue weighted by Gasteiger charge is -2.23. The van der Waals surface area contributed by atoms with Gasteiger partial charge in [0.15, 0.2) is 5.82 Å². The van der Waals surface area contributed by atoms with E-state index in [4.69, 9.17) is 22.1 Å². The predicted octanol–water partition coefficient (Wildman–Crippen LogP) is 3.22. The van der Waals surface area contributed by atoms with Crippen LogP contribution in [0.2, 0.25) is 5.15 Å². The largest absolute Gasteiger partial charge is 0.496 e. The van der Waals surface area contributed by atoms with E-state index in [1.807, 2.05) is 20.9 Å². The molecule has 0 aromatic carbocycles. The first-order valence-electron chi connectivity index (χ1n) is 14.2. The van der Waals surface area contributed by atoms with Crippen molar-refractivity contribution in [3.8, 4) is 5.75 Å². The van der Waals surface area contributed by atoms with Crippen molar-refractivity contribution >= 4 is 46.8 Å². The Bertz CT molecular complexity index is 1520. The first-order chi connectivity index (χ1) is 20.6. The summed E-state index contributed by atoms with van der Waals surface area (Å²) in [6.45, 7) is 7.97. The van der Waals surface area contributed by atoms with Gasteiger partial charge in [0, 0.05) is 48.8 Å². The average molecular weight is 611 g/mol. The van der Waals surface area contributed by atoms with Crippen LogP contribution in [-0.2, 0) is 11.3 Å². The second-order valence-corrected chi connectivity index (χ2v) is 11.1. The van der Waals surface area contributed by atoms with Crippen LogP contribution >= 0.6 is 11.6 Å². The van der Waals surface area contributed by atoms with Gasteiger partial charge in [-0.25, -0.2) is 4.98 Å². The van der Waals surface area contributed by atoms with Gasteiger partial charge < -0.3 is 30.8 Å². The quantitative estimate of drug-likeness (QED) is 0.168. The molecule has 4 rings (SSSR count). The van der Waals surface area contributed by atoms with E-state index in [1.165, 1.54) is 4.90 Å². The summed E-state index contributed by atoms with van der Waals surface area (Å²) in [7, 11) is 3.55. The fourth-order valence-electron chi connectivity index (χ4n) is 5.36. The molecule has 4 heterocycles. The molecular weight excluding hydrogens is 572 g/mol. The van der Waals surface area contributed by atoms with Crippen LogP contribution in [0.15, 0.2) is 18.5 Å². The van der Waals surface area contributed by atoms with E-state index in [0.717, 1.165) is 30.5 Å². The lowest BCUT2D eigenvalue weighted by Crippen LogP contribution is -2.36. The number of methoxy groups -OCH3 is 1. The van der Waals surface area contributed by atoms with Gasteiger partial charge >= 0.3 is 0 Å². The molecule has 1 atom stereocenters. The Kier molecular flexibility index (Phi) is 10.4. The fourth-order valence-corrected chi connectivity index (χ4v) is 5.64. The summed E-state index contributed by atoms with van der Waals surface area (Å²) in [4.78, 5) is 46.3. The Morgan fingerprint density at radius 2 is 2.12 bits per heavy atom. The van der Waals surface area contributed by atoms with Crippen molar-refractivity contribution in [3.63, 3.8) is 0 Å². The minimum atomic E-state index is -0.354. The number of amides is 2. The first-order valence-corrected chi connectivity index (χ1v) is 14.6. The van der Waals surface area contributed by atoms with Crippen LogP contribution in [0.5, 0.6) is 5.75 Å². The topological polar surface area (TPSA) is 163 Å². The number of hydrogen-bond acceptors (Lipinski definition) is 9. The molecule has 3 aromatic heterocycles. The van der Waals surface area contributed by atoms with Crippen molar-refractivity contribution in [1.29, 1.82) is 0 Å². The van der Waals surface area contributed by atoms with Gasteiger partial charge in [0.05, 0.1) is 42.7 Å². The molecule has 230 valence electrons. The first kappa shape index (κ1) is 31.9. The zero-order valence-corrected chi connectivity index (χ0v) is 26.0. The molecule has 3 aromatic rings. The van der Waals surface area contributed by atoms with Gasteiger partial charge in [0.25, 0.3) is 11.8 Å². The second-order valence-electron chi connectivity index (χ2n) is 10.8. The summed E-state index contributed by atoms with van der Waals surface area (Å²) in [6.07, 6.45) is 6.87. The summed E-state index contributed by atoms with van der Waals surface area (Å²) in [5, 5.41) is 12.3. The van der Waals surface area contributed by atoms with Crippen molar-refractivity contribution < 1.29 is 19.4 Å². The number of carbonyl (C=O) groups is 2. The molecule has 5 N–H and O–H groups in total. The van der Waals surface area contributed by atoms with Crippen LogP contribution in [0.4, 0.5) is 11.8 Å². The Morgan fingerprint density at radius 3 is 2.81 bits per heavy atom. The number of aromatic nitrogens is 4. The third-order valence-electron chi connectivity index (χ3n) is 7.49. The standard InChI is InChI=1S/C30H39ClN8O4/c1-6-7-19(15-38(4)8-9-40)13-35-28(41)20-10-21(33-14-20)11-22-24-26(31)36-30(32)37-27(24)39(29(22)42)16-23-18(3)25(43-5)17(2)12-34-23/h10-12,14,19,33,40H,6-9,13,15-16H2,1-5H3,(H,35,41)(H2,32,36,37)/b22-11-. The van der Waals surface area contributed by atoms with E-state index in [1.54, 1.807) is 31.6 Å². The number of aliphatic hydroxyl groups excluding tert-OH is 1. The van der Waals surface area contributed by atoms with Crippen molar-refractivity contribution in [3.05, 3.63) is 57.3 Å². The maximum Gasteiger partial charge on any atom is 0.260 e. The number of nitrogen functional groups attached to an aromatic ring is 1. The summed E-state index contributed by atoms with van der Waals surface area (Å²) in [6, 6.07) is 1.67. The predicted molar refractivity (Wildman–Crippen MR) is 167 cm³/mol. The van der Waals surface area contributed by atoms with E-state index in [2.05, 4.69) is 37.1 Å². The molecule has 13 heteroatoms. The Balaban J connectivity index is 1.57. The number of aromatic amines is 1. The van der Waals surface area contributed by atoms with Gasteiger partial charge in [-0.3, -0.25) is 19.5 Å². The molecule has 1 aliphatic heterocycles. The zero-order chi connectivity index (χ0) is 31.3. The number of aliphatic hydroxyl groups is 1. The molecule has 43 heavy (non-hydrogen) atoms. The summed E-state index contributed by atoms with van der Waals surface area (Å²) >= 11 is 6.50. The van der Waals surface area contributed by atoms with Gasteiger partial charge in [-0.1, -0.05) is 24.9 Å². The van der Waals surface area contributed by atoms with Crippen LogP contribution in [-0.4, -0.2) is 82.2 Å². The van der Waals surface area contributed by atoms with E-state index >= 15 is 0 Å². The molecule has 0 spiro atoms. The highest BCUT2D eigenvalue weighted by molar-refractivity contribution is 6.41. The number of likely N-dealkylation sites (N-methyl/N-ethyl adjacent to an activating group) is 1. The normalized spacial score (nSPS) is 14.5. The summed E-state index contributed by atoms with van der Waals surface area (Å²) in [5.74, 6) is 0.598. The molecule has 0 bridgehead atoms.